The highest BCUT2D eigenvalue weighted by atomic mass is 35.5. The van der Waals surface area contributed by atoms with Crippen LogP contribution in [0.1, 0.15) is 21.6 Å². The monoisotopic (exact) mass is 497 g/mol. The zero-order valence-corrected chi connectivity index (χ0v) is 17.3. The Kier molecular flexibility index (Phi) is 6.29. The lowest BCUT2D eigenvalue weighted by molar-refractivity contribution is -0.138. The summed E-state index contributed by atoms with van der Waals surface area (Å²) in [6.45, 7) is 0. The molecule has 170 valence electrons. The SMILES string of the molecule is CN(Nc1ncc(C(F)(F)F)cc1Cl)C(=O)c1cccn1-c1ncc(C(F)(F)F)cc1Cl. The van der Waals surface area contributed by atoms with E-state index in [9.17, 15) is 31.1 Å². The first-order chi connectivity index (χ1) is 14.8. The van der Waals surface area contributed by atoms with Crippen LogP contribution in [-0.4, -0.2) is 32.5 Å². The van der Waals surface area contributed by atoms with Gasteiger partial charge in [0, 0.05) is 25.6 Å². The number of halogens is 8. The Morgan fingerprint density at radius 3 is 2.09 bits per heavy atom. The summed E-state index contributed by atoms with van der Waals surface area (Å²) in [7, 11) is 1.25. The van der Waals surface area contributed by atoms with Gasteiger partial charge in [0.25, 0.3) is 5.91 Å². The van der Waals surface area contributed by atoms with E-state index in [0.29, 0.717) is 24.5 Å². The van der Waals surface area contributed by atoms with Crippen LogP contribution in [0, 0.1) is 0 Å². The van der Waals surface area contributed by atoms with Crippen molar-refractivity contribution in [3.63, 3.8) is 0 Å². The Hall–Kier alpha value is -2.99. The summed E-state index contributed by atoms with van der Waals surface area (Å²) < 4.78 is 77.9. The Morgan fingerprint density at radius 1 is 1.00 bits per heavy atom. The van der Waals surface area contributed by atoms with Crippen LogP contribution in [0.25, 0.3) is 5.82 Å². The topological polar surface area (TPSA) is 63.1 Å². The van der Waals surface area contributed by atoms with Crippen molar-refractivity contribution in [2.24, 2.45) is 0 Å². The van der Waals surface area contributed by atoms with E-state index >= 15 is 0 Å². The average molecular weight is 498 g/mol. The van der Waals surface area contributed by atoms with Crippen molar-refractivity contribution < 1.29 is 31.1 Å². The number of hydrogen-bond donors (Lipinski definition) is 1. The van der Waals surface area contributed by atoms with Gasteiger partial charge in [-0.2, -0.15) is 26.3 Å². The third-order valence-electron chi connectivity index (χ3n) is 4.09. The molecule has 3 heterocycles. The van der Waals surface area contributed by atoms with Crippen LogP contribution in [0.15, 0.2) is 42.9 Å². The molecule has 0 radical (unpaired) electrons. The normalized spacial score (nSPS) is 12.0. The predicted octanol–water partition coefficient (Wildman–Crippen LogP) is 5.71. The molecule has 1 amide bonds. The lowest BCUT2D eigenvalue weighted by Crippen LogP contribution is -2.34. The Labute approximate surface area is 186 Å². The smallest absolute Gasteiger partial charge is 0.295 e. The second kappa shape index (κ2) is 8.51. The van der Waals surface area contributed by atoms with Crippen LogP contribution in [0.3, 0.4) is 0 Å². The second-order valence-electron chi connectivity index (χ2n) is 6.32. The zero-order valence-electron chi connectivity index (χ0n) is 15.8. The van der Waals surface area contributed by atoms with Gasteiger partial charge >= 0.3 is 12.4 Å². The molecule has 0 unspecified atom stereocenters. The first-order valence-corrected chi connectivity index (χ1v) is 9.22. The van der Waals surface area contributed by atoms with E-state index in [1.807, 2.05) is 0 Å². The van der Waals surface area contributed by atoms with E-state index in [1.165, 1.54) is 25.4 Å². The van der Waals surface area contributed by atoms with Crippen molar-refractivity contribution in [1.29, 1.82) is 0 Å². The number of nitrogens with one attached hydrogen (secondary N) is 1. The van der Waals surface area contributed by atoms with Gasteiger partial charge in [-0.15, -0.1) is 0 Å². The largest absolute Gasteiger partial charge is 0.417 e. The fourth-order valence-electron chi connectivity index (χ4n) is 2.56. The van der Waals surface area contributed by atoms with Crippen molar-refractivity contribution in [3.05, 3.63) is 69.7 Å². The van der Waals surface area contributed by atoms with Gasteiger partial charge in [0.2, 0.25) is 0 Å². The summed E-state index contributed by atoms with van der Waals surface area (Å²) in [5, 5.41) is 0.140. The highest BCUT2D eigenvalue weighted by molar-refractivity contribution is 6.33. The molecule has 0 aliphatic rings. The highest BCUT2D eigenvalue weighted by Gasteiger charge is 2.33. The van der Waals surface area contributed by atoms with Crippen molar-refractivity contribution in [2.75, 3.05) is 12.5 Å². The molecule has 3 aromatic heterocycles. The van der Waals surface area contributed by atoms with Crippen LogP contribution in [0.2, 0.25) is 10.0 Å². The van der Waals surface area contributed by atoms with E-state index < -0.39 is 29.4 Å². The van der Waals surface area contributed by atoms with Crippen LogP contribution in [-0.2, 0) is 12.4 Å². The van der Waals surface area contributed by atoms with Gasteiger partial charge in [-0.05, 0) is 24.3 Å². The van der Waals surface area contributed by atoms with Gasteiger partial charge in [0.1, 0.15) is 5.69 Å². The summed E-state index contributed by atoms with van der Waals surface area (Å²) in [6, 6.07) is 4.09. The molecule has 0 aliphatic heterocycles. The quantitative estimate of drug-likeness (QED) is 0.370. The molecular weight excluding hydrogens is 487 g/mol. The minimum atomic E-state index is -4.65. The van der Waals surface area contributed by atoms with E-state index in [-0.39, 0.29) is 27.4 Å². The zero-order chi connectivity index (χ0) is 23.8. The van der Waals surface area contributed by atoms with E-state index in [0.717, 1.165) is 9.58 Å². The number of alkyl halides is 6. The lowest BCUT2D eigenvalue weighted by atomic mass is 10.2. The molecule has 0 saturated carbocycles. The molecular formula is C18H11Cl2F6N5O. The molecule has 6 nitrogen and oxygen atoms in total. The molecule has 3 rings (SSSR count). The summed E-state index contributed by atoms with van der Waals surface area (Å²) in [6.07, 6.45) is -6.83. The number of hydrazine groups is 1. The summed E-state index contributed by atoms with van der Waals surface area (Å²) in [4.78, 5) is 20.1. The van der Waals surface area contributed by atoms with Gasteiger partial charge < -0.3 is 0 Å². The van der Waals surface area contributed by atoms with Crippen molar-refractivity contribution >= 4 is 34.9 Å². The Balaban J connectivity index is 1.86. The molecule has 0 fully saturated rings. The van der Waals surface area contributed by atoms with Crippen molar-refractivity contribution in [3.8, 4) is 5.82 Å². The van der Waals surface area contributed by atoms with E-state index in [4.69, 9.17) is 23.2 Å². The van der Waals surface area contributed by atoms with Crippen molar-refractivity contribution in [1.82, 2.24) is 19.5 Å². The van der Waals surface area contributed by atoms with E-state index in [1.54, 1.807) is 0 Å². The lowest BCUT2D eigenvalue weighted by Gasteiger charge is -2.21. The second-order valence-corrected chi connectivity index (χ2v) is 7.13. The number of aromatic nitrogens is 3. The molecule has 0 saturated heterocycles. The molecule has 0 aliphatic carbocycles. The fraction of sp³-hybridized carbons (Fsp3) is 0.167. The summed E-state index contributed by atoms with van der Waals surface area (Å²) in [5.74, 6) is -1.09. The minimum Gasteiger partial charge on any atom is -0.295 e. The molecule has 0 atom stereocenters. The predicted molar refractivity (Wildman–Crippen MR) is 104 cm³/mol. The van der Waals surface area contributed by atoms with E-state index in [2.05, 4.69) is 15.4 Å². The third-order valence-corrected chi connectivity index (χ3v) is 4.66. The van der Waals surface area contributed by atoms with Crippen LogP contribution in [0.5, 0.6) is 0 Å². The van der Waals surface area contributed by atoms with Crippen LogP contribution in [0.4, 0.5) is 32.2 Å². The van der Waals surface area contributed by atoms with Gasteiger partial charge in [-0.3, -0.25) is 19.8 Å². The minimum absolute atomic E-state index is 0.0582. The van der Waals surface area contributed by atoms with Gasteiger partial charge in [-0.1, -0.05) is 23.2 Å². The number of hydrogen-bond acceptors (Lipinski definition) is 4. The molecule has 1 N–H and O–H groups in total. The summed E-state index contributed by atoms with van der Waals surface area (Å²) in [5.41, 5.74) is 0.267. The number of anilines is 1. The highest BCUT2D eigenvalue weighted by Crippen LogP contribution is 2.33. The molecule has 0 spiro atoms. The molecule has 0 aromatic carbocycles. The van der Waals surface area contributed by atoms with Crippen molar-refractivity contribution in [2.45, 2.75) is 12.4 Å². The number of carbonyl (C=O) groups is 1. The van der Waals surface area contributed by atoms with Gasteiger partial charge in [0.15, 0.2) is 11.6 Å². The average Bonchev–Trinajstić information content (AvgIpc) is 3.16. The number of nitrogens with zero attached hydrogens (tertiary/aromatic N) is 4. The van der Waals surface area contributed by atoms with Gasteiger partial charge in [0.05, 0.1) is 21.2 Å². The molecule has 14 heteroatoms. The Morgan fingerprint density at radius 2 is 1.56 bits per heavy atom. The molecule has 32 heavy (non-hydrogen) atoms. The van der Waals surface area contributed by atoms with Crippen LogP contribution < -0.4 is 5.43 Å². The number of pyridine rings is 2. The maximum Gasteiger partial charge on any atom is 0.417 e. The first kappa shape index (κ1) is 23.7. The fourth-order valence-corrected chi connectivity index (χ4v) is 3.03. The number of amides is 1. The molecule has 0 bridgehead atoms. The maximum absolute atomic E-state index is 12.8. The first-order valence-electron chi connectivity index (χ1n) is 8.47. The van der Waals surface area contributed by atoms with Crippen LogP contribution >= 0.6 is 23.2 Å². The number of rotatable bonds is 4. The standard InChI is InChI=1S/C18H11Cl2F6N5O/c1-30(29-14-11(19)5-9(7-27-14)17(21,22)23)16(32)13-3-2-4-31(13)15-12(20)6-10(8-28-15)18(24,25)26/h2-8H,1H3,(H,27,29). The third kappa shape index (κ3) is 4.91. The number of carbonyl (C=O) groups excluding carboxylic acids is 1. The molecule has 3 aromatic rings. The van der Waals surface area contributed by atoms with Gasteiger partial charge in [-0.25, -0.2) is 9.97 Å². The maximum atomic E-state index is 12.8. The summed E-state index contributed by atoms with van der Waals surface area (Å²) >= 11 is 11.8. The Bertz CT molecular complexity index is 1160.